The van der Waals surface area contributed by atoms with Gasteiger partial charge in [-0.3, -0.25) is 9.49 Å². The van der Waals surface area contributed by atoms with Gasteiger partial charge in [0.05, 0.1) is 5.69 Å². The summed E-state index contributed by atoms with van der Waals surface area (Å²) in [4.78, 5) is 0. The summed E-state index contributed by atoms with van der Waals surface area (Å²) in [5, 5.41) is 0. The maximum Gasteiger partial charge on any atom is 0.135 e. The van der Waals surface area contributed by atoms with Gasteiger partial charge in [0.15, 0.2) is 0 Å². The van der Waals surface area contributed by atoms with Crippen molar-refractivity contribution < 1.29 is 0 Å². The lowest BCUT2D eigenvalue weighted by Crippen LogP contribution is -2.29. The molecule has 2 nitrogen and oxygen atoms in total. The van der Waals surface area contributed by atoms with Crippen molar-refractivity contribution >= 4 is 19.2 Å². The number of rotatable bonds is 5. The van der Waals surface area contributed by atoms with Crippen LogP contribution in [0.4, 0.5) is 5.69 Å². The number of allylic oxidation sites excluding steroid dienone is 4. The maximum atomic E-state index is 6.54. The van der Waals surface area contributed by atoms with Crippen LogP contribution in [0.5, 0.6) is 0 Å². The molecule has 6 rings (SSSR count). The SMILES string of the molecule is CC1=C(C)CP2(=NC(c3ccccc3)(c3ccccc3)c3ccccc3)CC(C)=C(C)CP2(=Nc2c(C)cc(C)cc2C)C1. The minimum Gasteiger partial charge on any atom is -0.276 e. The maximum absolute atomic E-state index is 6.54. The number of nitrogens with zero attached hydrogens (tertiary/aromatic N) is 2. The summed E-state index contributed by atoms with van der Waals surface area (Å²) in [5.41, 5.74) is 14.3. The number of aryl methyl sites for hydroxylation is 3. The van der Waals surface area contributed by atoms with Gasteiger partial charge in [-0.1, -0.05) is 131 Å². The van der Waals surface area contributed by atoms with Crippen molar-refractivity contribution in [1.29, 1.82) is 0 Å². The zero-order valence-corrected chi connectivity index (χ0v) is 29.2. The summed E-state index contributed by atoms with van der Waals surface area (Å²) >= 11 is 0. The van der Waals surface area contributed by atoms with E-state index in [4.69, 9.17) is 9.49 Å². The second-order valence-electron chi connectivity index (χ2n) is 13.3. The normalized spacial score (nSPS) is 22.1. The van der Waals surface area contributed by atoms with Gasteiger partial charge in [-0.25, -0.2) is 0 Å². The van der Waals surface area contributed by atoms with Gasteiger partial charge in [-0.15, -0.1) is 0 Å². The third kappa shape index (κ3) is 5.25. The van der Waals surface area contributed by atoms with Crippen LogP contribution >= 0.6 is 13.5 Å². The smallest absolute Gasteiger partial charge is 0.135 e. The van der Waals surface area contributed by atoms with E-state index in [0.717, 1.165) is 24.6 Å². The number of hydrogen-bond acceptors (Lipinski definition) is 2. The molecule has 4 aromatic carbocycles. The van der Waals surface area contributed by atoms with Crippen LogP contribution in [0.1, 0.15) is 61.1 Å². The molecule has 0 fully saturated rings. The molecule has 4 aromatic rings. The third-order valence-electron chi connectivity index (χ3n) is 9.94. The van der Waals surface area contributed by atoms with Gasteiger partial charge in [0.1, 0.15) is 5.54 Å². The van der Waals surface area contributed by atoms with Gasteiger partial charge in [0.2, 0.25) is 0 Å². The molecule has 4 heteroatoms. The third-order valence-corrected chi connectivity index (χ3v) is 22.9. The Balaban J connectivity index is 1.83. The summed E-state index contributed by atoms with van der Waals surface area (Å²) in [6.45, 7) is 12.1. The van der Waals surface area contributed by atoms with Gasteiger partial charge >= 0.3 is 0 Å². The number of fused-ring (bicyclic) bond motifs is 1. The van der Waals surface area contributed by atoms with Gasteiger partial charge < -0.3 is 0 Å². The molecule has 2 heterocycles. The fourth-order valence-electron chi connectivity index (χ4n) is 7.51. The topological polar surface area (TPSA) is 24.7 Å². The van der Waals surface area contributed by atoms with Crippen molar-refractivity contribution in [2.24, 2.45) is 9.49 Å². The molecule has 44 heavy (non-hydrogen) atoms. The van der Waals surface area contributed by atoms with Crippen LogP contribution < -0.4 is 0 Å². The van der Waals surface area contributed by atoms with E-state index in [9.17, 15) is 0 Å². The van der Waals surface area contributed by atoms with Crippen molar-refractivity contribution in [1.82, 2.24) is 0 Å². The Bertz CT molecular complexity index is 1720. The zero-order valence-electron chi connectivity index (χ0n) is 27.4. The van der Waals surface area contributed by atoms with E-state index >= 15 is 0 Å². The Morgan fingerprint density at radius 2 is 0.818 bits per heavy atom. The highest BCUT2D eigenvalue weighted by molar-refractivity contribution is 8.38. The lowest BCUT2D eigenvalue weighted by Gasteiger charge is -2.49. The molecule has 0 N–H and O–H groups in total. The predicted octanol–water partition coefficient (Wildman–Crippen LogP) is 12.3. The monoisotopic (exact) mass is 616 g/mol. The fraction of sp³-hybridized carbons (Fsp3) is 0.300. The first-order valence-corrected chi connectivity index (χ1v) is 20.8. The van der Waals surface area contributed by atoms with Crippen molar-refractivity contribution in [3.8, 4) is 0 Å². The highest BCUT2D eigenvalue weighted by atomic mass is 32.1. The summed E-state index contributed by atoms with van der Waals surface area (Å²) in [6.07, 6.45) is 4.25. The summed E-state index contributed by atoms with van der Waals surface area (Å²) < 4.78 is 12.7. The molecule has 226 valence electrons. The molecule has 0 amide bonds. The first kappa shape index (κ1) is 30.8. The molecular formula is C40H46N2P2. The van der Waals surface area contributed by atoms with E-state index in [0.29, 0.717) is 0 Å². The minimum absolute atomic E-state index is 0.632. The zero-order chi connectivity index (χ0) is 31.1. The van der Waals surface area contributed by atoms with Crippen molar-refractivity contribution in [3.63, 3.8) is 0 Å². The quantitative estimate of drug-likeness (QED) is 0.121. The van der Waals surface area contributed by atoms with E-state index < -0.39 is 19.0 Å². The van der Waals surface area contributed by atoms with E-state index in [2.05, 4.69) is 152 Å². The second kappa shape index (κ2) is 12.0. The molecule has 0 aromatic heterocycles. The summed E-state index contributed by atoms with van der Waals surface area (Å²) in [6, 6.07) is 37.9. The van der Waals surface area contributed by atoms with Crippen molar-refractivity contribution in [3.05, 3.63) is 159 Å². The summed E-state index contributed by atoms with van der Waals surface area (Å²) in [7, 11) is 0. The Hall–Kier alpha value is -3.18. The highest BCUT2D eigenvalue weighted by Gasteiger charge is 2.48. The second-order valence-corrected chi connectivity index (χ2v) is 22.9. The molecule has 0 saturated heterocycles. The van der Waals surface area contributed by atoms with Crippen LogP contribution in [-0.2, 0) is 5.54 Å². The Kier molecular flexibility index (Phi) is 8.38. The van der Waals surface area contributed by atoms with E-state index in [1.165, 1.54) is 61.4 Å². The average Bonchev–Trinajstić information content (AvgIpc) is 3.01. The first-order valence-electron chi connectivity index (χ1n) is 15.9. The van der Waals surface area contributed by atoms with E-state index in [1.807, 2.05) is 0 Å². The molecule has 0 saturated carbocycles. The average molecular weight is 617 g/mol. The van der Waals surface area contributed by atoms with Crippen LogP contribution in [0, 0.1) is 20.8 Å². The minimum atomic E-state index is -2.09. The molecular weight excluding hydrogens is 570 g/mol. The molecule has 2 aliphatic heterocycles. The van der Waals surface area contributed by atoms with Crippen LogP contribution in [0.15, 0.2) is 135 Å². The predicted molar refractivity (Wildman–Crippen MR) is 194 cm³/mol. The van der Waals surface area contributed by atoms with Gasteiger partial charge in [0, 0.05) is 38.1 Å². The van der Waals surface area contributed by atoms with Gasteiger partial charge in [0.25, 0.3) is 0 Å². The first-order chi connectivity index (χ1) is 21.1. The number of hydrogen-bond donors (Lipinski definition) is 0. The molecule has 0 unspecified atom stereocenters. The Labute approximate surface area is 265 Å². The molecule has 0 aliphatic carbocycles. The lowest BCUT2D eigenvalue weighted by atomic mass is 9.78. The Morgan fingerprint density at radius 3 is 1.18 bits per heavy atom. The molecule has 0 spiro atoms. The van der Waals surface area contributed by atoms with Crippen LogP contribution in [0.2, 0.25) is 0 Å². The van der Waals surface area contributed by atoms with Crippen LogP contribution in [-0.4, -0.2) is 24.6 Å². The largest absolute Gasteiger partial charge is 0.276 e. The molecule has 0 bridgehead atoms. The Morgan fingerprint density at radius 1 is 0.477 bits per heavy atom. The van der Waals surface area contributed by atoms with Crippen LogP contribution in [0.25, 0.3) is 0 Å². The lowest BCUT2D eigenvalue weighted by molar-refractivity contribution is 0.664. The van der Waals surface area contributed by atoms with E-state index in [-0.39, 0.29) is 0 Å². The van der Waals surface area contributed by atoms with Crippen molar-refractivity contribution in [2.45, 2.75) is 54.0 Å². The molecule has 0 radical (unpaired) electrons. The fourth-order valence-corrected chi connectivity index (χ4v) is 22.5. The molecule has 2 aliphatic rings. The highest BCUT2D eigenvalue weighted by Crippen LogP contribution is 2.91. The van der Waals surface area contributed by atoms with E-state index in [1.54, 1.807) is 0 Å². The van der Waals surface area contributed by atoms with Gasteiger partial charge in [-0.05, 0) is 76.3 Å². The van der Waals surface area contributed by atoms with Gasteiger partial charge in [-0.2, -0.15) is 0 Å². The number of benzene rings is 4. The standard InChI is InChI=1S/C40H46N2P2/c1-29-23-30(2)39(31(3)24-29)41-43-25-32(4)34(6)27-44(43,28-35(7)33(5)26-43)42-40(36-17-11-8-12-18-36,37-19-13-9-14-20-37)38-21-15-10-16-22-38/h8-24H,25-28H2,1-7H3. The van der Waals surface area contributed by atoms with Crippen molar-refractivity contribution in [2.75, 3.05) is 24.6 Å². The van der Waals surface area contributed by atoms with Crippen LogP contribution in [0.3, 0.4) is 0 Å². The summed E-state index contributed by atoms with van der Waals surface area (Å²) in [5.74, 6) is 0. The molecule has 0 atom stereocenters.